The van der Waals surface area contributed by atoms with Crippen molar-refractivity contribution in [3.05, 3.63) is 152 Å². The summed E-state index contributed by atoms with van der Waals surface area (Å²) in [6.07, 6.45) is 0. The first-order valence-electron chi connectivity index (χ1n) is 15.9. The molecule has 0 bridgehead atoms. The molecular weight excluding hydrogens is 607 g/mol. The largest absolute Gasteiger partial charge is 0.455 e. The number of hydrogen-bond donors (Lipinski definition) is 0. The molecule has 0 aliphatic carbocycles. The van der Waals surface area contributed by atoms with E-state index in [1.807, 2.05) is 65.9 Å². The SMILES string of the molecule is c1ccc(-c2nc(-c3cccc4c3oc3ccccc34)nc(-c3cc4cccc(-c5ccccc5)c4c4sc5ccccc5c34)n2)cc1. The molecule has 224 valence electrons. The third-order valence-electron chi connectivity index (χ3n) is 9.13. The van der Waals surface area contributed by atoms with E-state index in [1.54, 1.807) is 0 Å². The fraction of sp³-hybridized carbons (Fsp3) is 0. The molecular formula is C43H25N3OS. The van der Waals surface area contributed by atoms with Gasteiger partial charge in [-0.1, -0.05) is 127 Å². The molecule has 4 nitrogen and oxygen atoms in total. The summed E-state index contributed by atoms with van der Waals surface area (Å²) in [7, 11) is 0. The van der Waals surface area contributed by atoms with Crippen LogP contribution in [-0.2, 0) is 0 Å². The third kappa shape index (κ3) is 4.18. The summed E-state index contributed by atoms with van der Waals surface area (Å²) < 4.78 is 8.92. The lowest BCUT2D eigenvalue weighted by Crippen LogP contribution is -2.01. The number of aromatic nitrogens is 3. The summed E-state index contributed by atoms with van der Waals surface area (Å²) in [5, 5.41) is 6.85. The van der Waals surface area contributed by atoms with Crippen LogP contribution in [0.4, 0.5) is 0 Å². The zero-order valence-corrected chi connectivity index (χ0v) is 26.4. The molecule has 10 rings (SSSR count). The molecule has 3 heterocycles. The lowest BCUT2D eigenvalue weighted by atomic mass is 9.94. The third-order valence-corrected chi connectivity index (χ3v) is 10.3. The van der Waals surface area contributed by atoms with Gasteiger partial charge in [-0.2, -0.15) is 0 Å². The first-order chi connectivity index (χ1) is 23.8. The van der Waals surface area contributed by atoms with Gasteiger partial charge in [0, 0.05) is 47.5 Å². The van der Waals surface area contributed by atoms with Crippen LogP contribution in [0.15, 0.2) is 156 Å². The van der Waals surface area contributed by atoms with Crippen molar-refractivity contribution in [3.8, 4) is 45.3 Å². The minimum absolute atomic E-state index is 0.578. The van der Waals surface area contributed by atoms with Crippen LogP contribution in [0.2, 0.25) is 0 Å². The van der Waals surface area contributed by atoms with Crippen LogP contribution in [0.5, 0.6) is 0 Å². The fourth-order valence-electron chi connectivity index (χ4n) is 6.95. The number of thiophene rings is 1. The van der Waals surface area contributed by atoms with E-state index in [-0.39, 0.29) is 0 Å². The maximum absolute atomic E-state index is 6.46. The average molecular weight is 632 g/mol. The Hall–Kier alpha value is -6.17. The summed E-state index contributed by atoms with van der Waals surface area (Å²) in [5.41, 5.74) is 6.77. The monoisotopic (exact) mass is 631 g/mol. The number of hydrogen-bond acceptors (Lipinski definition) is 5. The van der Waals surface area contributed by atoms with Crippen LogP contribution < -0.4 is 0 Å². The van der Waals surface area contributed by atoms with Crippen molar-refractivity contribution >= 4 is 64.2 Å². The van der Waals surface area contributed by atoms with Gasteiger partial charge in [0.1, 0.15) is 11.2 Å². The molecule has 0 saturated carbocycles. The number of fused-ring (bicyclic) bond motifs is 8. The van der Waals surface area contributed by atoms with Crippen LogP contribution in [0.3, 0.4) is 0 Å². The number of nitrogens with zero attached hydrogens (tertiary/aromatic N) is 3. The number of rotatable bonds is 4. The van der Waals surface area contributed by atoms with Crippen LogP contribution in [0, 0.1) is 0 Å². The molecule has 0 atom stereocenters. The van der Waals surface area contributed by atoms with Gasteiger partial charge in [0.25, 0.3) is 0 Å². The Morgan fingerprint density at radius 3 is 1.90 bits per heavy atom. The van der Waals surface area contributed by atoms with Gasteiger partial charge in [-0.3, -0.25) is 0 Å². The van der Waals surface area contributed by atoms with E-state index in [9.17, 15) is 0 Å². The second kappa shape index (κ2) is 10.7. The first kappa shape index (κ1) is 27.0. The summed E-state index contributed by atoms with van der Waals surface area (Å²) in [6, 6.07) is 52.6. The van der Waals surface area contributed by atoms with Crippen molar-refractivity contribution in [1.82, 2.24) is 15.0 Å². The van der Waals surface area contributed by atoms with E-state index in [0.717, 1.165) is 49.4 Å². The van der Waals surface area contributed by atoms with E-state index in [0.29, 0.717) is 17.5 Å². The number of para-hydroxylation sites is 2. The fourth-order valence-corrected chi connectivity index (χ4v) is 8.25. The smallest absolute Gasteiger partial charge is 0.167 e. The highest BCUT2D eigenvalue weighted by molar-refractivity contribution is 7.26. The topological polar surface area (TPSA) is 51.8 Å². The molecule has 0 aliphatic rings. The molecule has 0 aliphatic heterocycles. The Morgan fingerprint density at radius 1 is 0.438 bits per heavy atom. The van der Waals surface area contributed by atoms with E-state index >= 15 is 0 Å². The Morgan fingerprint density at radius 2 is 1.06 bits per heavy atom. The summed E-state index contributed by atoms with van der Waals surface area (Å²) >= 11 is 1.83. The van der Waals surface area contributed by atoms with Gasteiger partial charge in [0.15, 0.2) is 17.5 Å². The molecule has 5 heteroatoms. The quantitative estimate of drug-likeness (QED) is 0.194. The Kier molecular flexibility index (Phi) is 6.01. The van der Waals surface area contributed by atoms with Crippen molar-refractivity contribution in [2.45, 2.75) is 0 Å². The van der Waals surface area contributed by atoms with Gasteiger partial charge in [-0.15, -0.1) is 11.3 Å². The van der Waals surface area contributed by atoms with E-state index in [1.165, 1.54) is 31.3 Å². The molecule has 0 radical (unpaired) electrons. The lowest BCUT2D eigenvalue weighted by Gasteiger charge is -2.13. The molecule has 0 saturated heterocycles. The van der Waals surface area contributed by atoms with Gasteiger partial charge in [-0.05, 0) is 40.8 Å². The molecule has 48 heavy (non-hydrogen) atoms. The maximum Gasteiger partial charge on any atom is 0.167 e. The molecule has 0 fully saturated rings. The molecule has 0 amide bonds. The predicted octanol–water partition coefficient (Wildman–Crippen LogP) is 12.0. The molecule has 7 aromatic carbocycles. The summed E-state index contributed by atoms with van der Waals surface area (Å²) in [6.45, 7) is 0. The van der Waals surface area contributed by atoms with Crippen molar-refractivity contribution in [3.63, 3.8) is 0 Å². The molecule has 3 aromatic heterocycles. The second-order valence-corrected chi connectivity index (χ2v) is 13.0. The molecule has 0 unspecified atom stereocenters. The number of benzene rings is 7. The van der Waals surface area contributed by atoms with Crippen LogP contribution >= 0.6 is 11.3 Å². The van der Waals surface area contributed by atoms with Crippen LogP contribution in [-0.4, -0.2) is 15.0 Å². The highest BCUT2D eigenvalue weighted by Crippen LogP contribution is 2.46. The highest BCUT2D eigenvalue weighted by Gasteiger charge is 2.22. The summed E-state index contributed by atoms with van der Waals surface area (Å²) in [4.78, 5) is 15.6. The zero-order chi connectivity index (χ0) is 31.6. The van der Waals surface area contributed by atoms with Crippen molar-refractivity contribution < 1.29 is 4.42 Å². The average Bonchev–Trinajstić information content (AvgIpc) is 3.74. The van der Waals surface area contributed by atoms with Gasteiger partial charge in [-0.25, -0.2) is 15.0 Å². The van der Waals surface area contributed by atoms with Crippen molar-refractivity contribution in [2.75, 3.05) is 0 Å². The van der Waals surface area contributed by atoms with Crippen molar-refractivity contribution in [2.24, 2.45) is 0 Å². The van der Waals surface area contributed by atoms with Gasteiger partial charge in [0.2, 0.25) is 0 Å². The molecule has 0 N–H and O–H groups in total. The normalized spacial score (nSPS) is 11.8. The first-order valence-corrected chi connectivity index (χ1v) is 16.8. The minimum atomic E-state index is 0.578. The second-order valence-electron chi connectivity index (χ2n) is 11.9. The zero-order valence-electron chi connectivity index (χ0n) is 25.6. The van der Waals surface area contributed by atoms with E-state index in [4.69, 9.17) is 19.4 Å². The Labute approximate surface area is 279 Å². The van der Waals surface area contributed by atoms with E-state index < -0.39 is 0 Å². The van der Waals surface area contributed by atoms with Crippen LogP contribution in [0.25, 0.3) is 98.2 Å². The van der Waals surface area contributed by atoms with Crippen molar-refractivity contribution in [1.29, 1.82) is 0 Å². The maximum atomic E-state index is 6.46. The van der Waals surface area contributed by atoms with Gasteiger partial charge < -0.3 is 4.42 Å². The summed E-state index contributed by atoms with van der Waals surface area (Å²) in [5.74, 6) is 1.83. The minimum Gasteiger partial charge on any atom is -0.455 e. The van der Waals surface area contributed by atoms with Crippen LogP contribution in [0.1, 0.15) is 0 Å². The Balaban J connectivity index is 1.31. The molecule has 10 aromatic rings. The van der Waals surface area contributed by atoms with Gasteiger partial charge >= 0.3 is 0 Å². The predicted molar refractivity (Wildman–Crippen MR) is 199 cm³/mol. The van der Waals surface area contributed by atoms with Gasteiger partial charge in [0.05, 0.1) is 5.56 Å². The van der Waals surface area contributed by atoms with E-state index in [2.05, 4.69) is 97.1 Å². The Bertz CT molecular complexity index is 2840. The molecule has 0 spiro atoms. The lowest BCUT2D eigenvalue weighted by molar-refractivity contribution is 0.669. The standard InChI is InChI=1S/C43H25N3OS/c1-3-13-26(14-4-1)29-20-11-17-28-25-34(38-32-19-8-10-24-36(32)48-40(38)37(28)29)43-45-41(27-15-5-2-6-16-27)44-42(46-43)33-22-12-21-31-30-18-7-9-23-35(30)47-39(31)33/h1-25H. The highest BCUT2D eigenvalue weighted by atomic mass is 32.1. The number of furan rings is 1.